The van der Waals surface area contributed by atoms with Gasteiger partial charge in [-0.25, -0.2) is 0 Å². The van der Waals surface area contributed by atoms with Crippen LogP contribution >= 0.6 is 0 Å². The highest BCUT2D eigenvalue weighted by Crippen LogP contribution is 2.28. The molecule has 4 heteroatoms. The monoisotopic (exact) mass is 266 g/mol. The number of anilines is 2. The number of ether oxygens (including phenoxy) is 1. The zero-order chi connectivity index (χ0) is 14.3. The van der Waals surface area contributed by atoms with E-state index in [0.29, 0.717) is 5.69 Å². The zero-order valence-corrected chi connectivity index (χ0v) is 12.2. The highest BCUT2D eigenvalue weighted by Gasteiger charge is 2.07. The summed E-state index contributed by atoms with van der Waals surface area (Å²) in [5.74, 6) is 0.745. The molecule has 0 aromatic heterocycles. The lowest BCUT2D eigenvalue weighted by Crippen LogP contribution is -2.19. The maximum absolute atomic E-state index is 8.76. The molecule has 0 saturated heterocycles. The highest BCUT2D eigenvalue weighted by atomic mass is 16.5. The molecule has 1 rings (SSSR count). The van der Waals surface area contributed by atoms with Gasteiger partial charge in [0.1, 0.15) is 5.75 Å². The first-order valence-corrected chi connectivity index (χ1v) is 6.92. The predicted octanol–water partition coefficient (Wildman–Crippen LogP) is 2.65. The molecule has 0 bridgehead atoms. The fourth-order valence-corrected chi connectivity index (χ4v) is 1.88. The number of aliphatic hydroxyl groups is 1. The van der Waals surface area contributed by atoms with Gasteiger partial charge < -0.3 is 20.5 Å². The van der Waals surface area contributed by atoms with Gasteiger partial charge in [0, 0.05) is 32.0 Å². The first-order chi connectivity index (χ1) is 9.04. The van der Waals surface area contributed by atoms with E-state index in [2.05, 4.69) is 11.9 Å². The van der Waals surface area contributed by atoms with E-state index in [1.807, 2.05) is 32.0 Å². The Morgan fingerprint density at radius 2 is 2.00 bits per heavy atom. The van der Waals surface area contributed by atoms with Crippen LogP contribution in [0.25, 0.3) is 0 Å². The molecule has 3 N–H and O–H groups in total. The average molecular weight is 266 g/mol. The van der Waals surface area contributed by atoms with E-state index in [-0.39, 0.29) is 12.7 Å². The van der Waals surface area contributed by atoms with Crippen LogP contribution in [0.15, 0.2) is 18.2 Å². The molecule has 0 amide bonds. The summed E-state index contributed by atoms with van der Waals surface area (Å²) in [5, 5.41) is 8.76. The maximum Gasteiger partial charge on any atom is 0.144 e. The Bertz CT molecular complexity index is 380. The number of nitrogens with two attached hydrogens (primary N) is 1. The lowest BCUT2D eigenvalue weighted by Gasteiger charge is -2.21. The van der Waals surface area contributed by atoms with Gasteiger partial charge in [0.05, 0.1) is 11.8 Å². The minimum atomic E-state index is 0.118. The van der Waals surface area contributed by atoms with Crippen molar-refractivity contribution in [3.8, 4) is 5.75 Å². The average Bonchev–Trinajstić information content (AvgIpc) is 2.36. The number of rotatable bonds is 8. The van der Waals surface area contributed by atoms with Crippen molar-refractivity contribution in [2.24, 2.45) is 0 Å². The van der Waals surface area contributed by atoms with Gasteiger partial charge in [0.15, 0.2) is 0 Å². The fourth-order valence-electron chi connectivity index (χ4n) is 1.88. The molecular formula is C15H26N2O2. The molecule has 0 radical (unpaired) electrons. The summed E-state index contributed by atoms with van der Waals surface area (Å²) in [6.07, 6.45) is 3.11. The van der Waals surface area contributed by atoms with Gasteiger partial charge >= 0.3 is 0 Å². The van der Waals surface area contributed by atoms with Gasteiger partial charge in [-0.2, -0.15) is 0 Å². The van der Waals surface area contributed by atoms with Crippen molar-refractivity contribution in [1.29, 1.82) is 0 Å². The summed E-state index contributed by atoms with van der Waals surface area (Å²) >= 11 is 0. The summed E-state index contributed by atoms with van der Waals surface area (Å²) in [6.45, 7) is 5.22. The predicted molar refractivity (Wildman–Crippen MR) is 80.8 cm³/mol. The second-order valence-electron chi connectivity index (χ2n) is 5.09. The van der Waals surface area contributed by atoms with Crippen LogP contribution in [0.3, 0.4) is 0 Å². The number of nitrogen functional groups attached to an aromatic ring is 1. The third-order valence-corrected chi connectivity index (χ3v) is 2.95. The van der Waals surface area contributed by atoms with E-state index in [4.69, 9.17) is 15.6 Å². The van der Waals surface area contributed by atoms with Crippen LogP contribution in [0.5, 0.6) is 5.75 Å². The molecule has 0 unspecified atom stereocenters. The Kier molecular flexibility index (Phi) is 6.50. The van der Waals surface area contributed by atoms with Crippen molar-refractivity contribution >= 4 is 11.4 Å². The number of hydrogen-bond acceptors (Lipinski definition) is 4. The Balaban J connectivity index is 2.61. The van der Waals surface area contributed by atoms with Crippen molar-refractivity contribution in [3.63, 3.8) is 0 Å². The molecule has 19 heavy (non-hydrogen) atoms. The van der Waals surface area contributed by atoms with Crippen molar-refractivity contribution < 1.29 is 9.84 Å². The molecule has 0 aliphatic rings. The van der Waals surface area contributed by atoms with Crippen LogP contribution in [-0.4, -0.2) is 31.4 Å². The van der Waals surface area contributed by atoms with E-state index in [1.54, 1.807) is 0 Å². The van der Waals surface area contributed by atoms with Crippen molar-refractivity contribution in [2.75, 3.05) is 30.8 Å². The number of nitrogens with zero attached hydrogens (tertiary/aromatic N) is 1. The van der Waals surface area contributed by atoms with E-state index in [0.717, 1.165) is 37.2 Å². The smallest absolute Gasteiger partial charge is 0.144 e. The topological polar surface area (TPSA) is 58.7 Å². The van der Waals surface area contributed by atoms with E-state index < -0.39 is 0 Å². The number of benzene rings is 1. The summed E-state index contributed by atoms with van der Waals surface area (Å²) in [4.78, 5) is 2.18. The third-order valence-electron chi connectivity index (χ3n) is 2.95. The summed E-state index contributed by atoms with van der Waals surface area (Å²) < 4.78 is 5.69. The fraction of sp³-hybridized carbons (Fsp3) is 0.600. The molecule has 0 fully saturated rings. The summed E-state index contributed by atoms with van der Waals surface area (Å²) in [7, 11) is 2.06. The van der Waals surface area contributed by atoms with Crippen LogP contribution in [0.1, 0.15) is 33.1 Å². The molecule has 1 aromatic carbocycles. The minimum absolute atomic E-state index is 0.118. The SMILES string of the molecule is CC(C)Oc1cc(N(C)CCCCCO)ccc1N. The minimum Gasteiger partial charge on any atom is -0.489 e. The van der Waals surface area contributed by atoms with Crippen molar-refractivity contribution in [2.45, 2.75) is 39.2 Å². The molecule has 0 spiro atoms. The van der Waals surface area contributed by atoms with E-state index in [9.17, 15) is 0 Å². The van der Waals surface area contributed by atoms with Crippen molar-refractivity contribution in [3.05, 3.63) is 18.2 Å². The van der Waals surface area contributed by atoms with Gasteiger partial charge in [0.25, 0.3) is 0 Å². The van der Waals surface area contributed by atoms with Crippen LogP contribution in [0, 0.1) is 0 Å². The third kappa shape index (κ3) is 5.39. The number of unbranched alkanes of at least 4 members (excludes halogenated alkanes) is 2. The van der Waals surface area contributed by atoms with Gasteiger partial charge in [0.2, 0.25) is 0 Å². The summed E-state index contributed by atoms with van der Waals surface area (Å²) in [5.41, 5.74) is 7.68. The standard InChI is InChI=1S/C15H26N2O2/c1-12(2)19-15-11-13(7-8-14(15)16)17(3)9-5-4-6-10-18/h7-8,11-12,18H,4-6,9-10,16H2,1-3H3. The molecule has 0 aliphatic heterocycles. The zero-order valence-electron chi connectivity index (χ0n) is 12.2. The lowest BCUT2D eigenvalue weighted by atomic mass is 10.2. The Hall–Kier alpha value is -1.42. The molecule has 0 atom stereocenters. The van der Waals surface area contributed by atoms with Crippen LogP contribution in [0.2, 0.25) is 0 Å². The molecule has 108 valence electrons. The molecule has 1 aromatic rings. The largest absolute Gasteiger partial charge is 0.489 e. The molecule has 0 saturated carbocycles. The second-order valence-corrected chi connectivity index (χ2v) is 5.09. The lowest BCUT2D eigenvalue weighted by molar-refractivity contribution is 0.244. The number of aliphatic hydroxyl groups excluding tert-OH is 1. The Morgan fingerprint density at radius 3 is 2.63 bits per heavy atom. The summed E-state index contributed by atoms with van der Waals surface area (Å²) in [6, 6.07) is 5.88. The van der Waals surface area contributed by atoms with Gasteiger partial charge in [-0.05, 0) is 45.2 Å². The normalized spacial score (nSPS) is 10.8. The van der Waals surface area contributed by atoms with Crippen LogP contribution in [-0.2, 0) is 0 Å². The van der Waals surface area contributed by atoms with Crippen LogP contribution < -0.4 is 15.4 Å². The van der Waals surface area contributed by atoms with Crippen LogP contribution in [0.4, 0.5) is 11.4 Å². The highest BCUT2D eigenvalue weighted by molar-refractivity contribution is 5.62. The Labute approximate surface area is 116 Å². The first kappa shape index (κ1) is 15.6. The van der Waals surface area contributed by atoms with Gasteiger partial charge in [-0.15, -0.1) is 0 Å². The first-order valence-electron chi connectivity index (χ1n) is 6.92. The van der Waals surface area contributed by atoms with E-state index in [1.165, 1.54) is 0 Å². The molecule has 0 aliphatic carbocycles. The van der Waals surface area contributed by atoms with Gasteiger partial charge in [-0.3, -0.25) is 0 Å². The van der Waals surface area contributed by atoms with Crippen molar-refractivity contribution in [1.82, 2.24) is 0 Å². The molecular weight excluding hydrogens is 240 g/mol. The van der Waals surface area contributed by atoms with E-state index >= 15 is 0 Å². The molecule has 0 heterocycles. The second kappa shape index (κ2) is 7.89. The quantitative estimate of drug-likeness (QED) is 0.561. The maximum atomic E-state index is 8.76. The number of hydrogen-bond donors (Lipinski definition) is 2. The molecule has 4 nitrogen and oxygen atoms in total. The van der Waals surface area contributed by atoms with Gasteiger partial charge in [-0.1, -0.05) is 0 Å². The Morgan fingerprint density at radius 1 is 1.26 bits per heavy atom.